The van der Waals surface area contributed by atoms with Gasteiger partial charge in [0.2, 0.25) is 0 Å². The minimum absolute atomic E-state index is 0.525. The van der Waals surface area contributed by atoms with Gasteiger partial charge in [0, 0.05) is 0 Å². The highest BCUT2D eigenvalue weighted by molar-refractivity contribution is 5.60. The summed E-state index contributed by atoms with van der Waals surface area (Å²) in [5.41, 5.74) is 2.58. The molecule has 17 heavy (non-hydrogen) atoms. The molecule has 1 N–H and O–H groups in total. The topological polar surface area (TPSA) is 21.3 Å². The molecule has 0 saturated heterocycles. The summed E-state index contributed by atoms with van der Waals surface area (Å²) in [6.45, 7) is 3.03. The second-order valence-corrected chi connectivity index (χ2v) is 5.29. The van der Waals surface area contributed by atoms with E-state index in [1.807, 2.05) is 0 Å². The monoisotopic (exact) mass is 231 g/mol. The van der Waals surface area contributed by atoms with Gasteiger partial charge >= 0.3 is 0 Å². The van der Waals surface area contributed by atoms with E-state index < -0.39 is 0 Å². The fraction of sp³-hybridized carbons (Fsp3) is 0.600. The van der Waals surface area contributed by atoms with Crippen LogP contribution in [0.3, 0.4) is 0 Å². The number of fused-ring (bicyclic) bond motifs is 1. The Bertz CT molecular complexity index is 396. The van der Waals surface area contributed by atoms with Gasteiger partial charge in [0.05, 0.1) is 11.7 Å². The molecule has 0 spiro atoms. The molecule has 0 aromatic heterocycles. The summed E-state index contributed by atoms with van der Waals surface area (Å²) in [6.07, 6.45) is 6.60. The van der Waals surface area contributed by atoms with Crippen molar-refractivity contribution in [2.45, 2.75) is 45.1 Å². The summed E-state index contributed by atoms with van der Waals surface area (Å²) in [5.74, 6) is 1.84. The molecule has 0 radical (unpaired) electrons. The molecule has 0 bridgehead atoms. The van der Waals surface area contributed by atoms with E-state index in [-0.39, 0.29) is 0 Å². The maximum absolute atomic E-state index is 5.89. The lowest BCUT2D eigenvalue weighted by atomic mass is 9.97. The lowest BCUT2D eigenvalue weighted by molar-refractivity contribution is 0.246. The molecule has 1 aromatic carbocycles. The molecule has 1 heterocycles. The highest BCUT2D eigenvalue weighted by Gasteiger charge is 2.28. The van der Waals surface area contributed by atoms with E-state index in [0.29, 0.717) is 6.04 Å². The maximum atomic E-state index is 5.89. The zero-order valence-corrected chi connectivity index (χ0v) is 10.5. The van der Waals surface area contributed by atoms with E-state index in [1.54, 1.807) is 0 Å². The van der Waals surface area contributed by atoms with Gasteiger partial charge in [-0.15, -0.1) is 0 Å². The second kappa shape index (κ2) is 4.59. The Morgan fingerprint density at radius 2 is 2.12 bits per heavy atom. The normalized spacial score (nSPS) is 23.9. The van der Waals surface area contributed by atoms with E-state index in [2.05, 4.69) is 30.4 Å². The number of rotatable bonds is 2. The summed E-state index contributed by atoms with van der Waals surface area (Å²) in [7, 11) is 0. The number of hydrogen-bond donors (Lipinski definition) is 1. The van der Waals surface area contributed by atoms with Crippen LogP contribution in [0.4, 0.5) is 5.69 Å². The molecule has 1 atom stereocenters. The zero-order valence-electron chi connectivity index (χ0n) is 10.5. The Labute approximate surface area is 103 Å². The van der Waals surface area contributed by atoms with Crippen LogP contribution in [0.2, 0.25) is 0 Å². The molecule has 2 heteroatoms. The van der Waals surface area contributed by atoms with E-state index >= 15 is 0 Å². The molecule has 92 valence electrons. The fourth-order valence-corrected chi connectivity index (χ4v) is 3.07. The average molecular weight is 231 g/mol. The van der Waals surface area contributed by atoms with Crippen LogP contribution in [-0.4, -0.2) is 12.6 Å². The SMILES string of the molecule is CCc1ccc2c(c1)NC(C1CCCC1)CO2. The predicted molar refractivity (Wildman–Crippen MR) is 70.7 cm³/mol. The van der Waals surface area contributed by atoms with Crippen molar-refractivity contribution >= 4 is 5.69 Å². The Balaban J connectivity index is 1.78. The summed E-state index contributed by atoms with van der Waals surface area (Å²) in [6, 6.07) is 7.04. The highest BCUT2D eigenvalue weighted by Crippen LogP contribution is 2.36. The molecule has 3 rings (SSSR count). The Hall–Kier alpha value is -1.18. The van der Waals surface area contributed by atoms with Crippen molar-refractivity contribution in [2.75, 3.05) is 11.9 Å². The van der Waals surface area contributed by atoms with Crippen LogP contribution in [0, 0.1) is 5.92 Å². The minimum atomic E-state index is 0.525. The van der Waals surface area contributed by atoms with Crippen molar-refractivity contribution < 1.29 is 4.74 Å². The van der Waals surface area contributed by atoms with Gasteiger partial charge in [0.25, 0.3) is 0 Å². The first-order valence-corrected chi connectivity index (χ1v) is 6.89. The molecule has 1 saturated carbocycles. The molecule has 2 nitrogen and oxygen atoms in total. The van der Waals surface area contributed by atoms with Gasteiger partial charge in [-0.25, -0.2) is 0 Å². The van der Waals surface area contributed by atoms with Crippen LogP contribution in [0.15, 0.2) is 18.2 Å². The van der Waals surface area contributed by atoms with Crippen molar-refractivity contribution in [3.63, 3.8) is 0 Å². The average Bonchev–Trinajstić information content (AvgIpc) is 2.91. The van der Waals surface area contributed by atoms with Crippen molar-refractivity contribution in [1.29, 1.82) is 0 Å². The molecule has 1 fully saturated rings. The smallest absolute Gasteiger partial charge is 0.142 e. The molecule has 0 amide bonds. The van der Waals surface area contributed by atoms with Crippen molar-refractivity contribution in [3.05, 3.63) is 23.8 Å². The Kier molecular flexibility index (Phi) is 2.96. The van der Waals surface area contributed by atoms with E-state index in [0.717, 1.165) is 24.7 Å². The van der Waals surface area contributed by atoms with Crippen LogP contribution in [-0.2, 0) is 6.42 Å². The summed E-state index contributed by atoms with van der Waals surface area (Å²) in [5, 5.41) is 3.69. The molecule has 1 aromatic rings. The van der Waals surface area contributed by atoms with E-state index in [9.17, 15) is 0 Å². The zero-order chi connectivity index (χ0) is 11.7. The fourth-order valence-electron chi connectivity index (χ4n) is 3.07. The van der Waals surface area contributed by atoms with Gasteiger partial charge in [0.1, 0.15) is 12.4 Å². The second-order valence-electron chi connectivity index (χ2n) is 5.29. The highest BCUT2D eigenvalue weighted by atomic mass is 16.5. The first-order valence-electron chi connectivity index (χ1n) is 6.89. The molecule has 2 aliphatic rings. The van der Waals surface area contributed by atoms with E-state index in [4.69, 9.17) is 4.74 Å². The van der Waals surface area contributed by atoms with Crippen LogP contribution < -0.4 is 10.1 Å². The van der Waals surface area contributed by atoms with Gasteiger partial charge in [-0.3, -0.25) is 0 Å². The Morgan fingerprint density at radius 1 is 1.29 bits per heavy atom. The quantitative estimate of drug-likeness (QED) is 0.839. The molecule has 1 aliphatic carbocycles. The lowest BCUT2D eigenvalue weighted by Crippen LogP contribution is -2.37. The van der Waals surface area contributed by atoms with E-state index in [1.165, 1.54) is 36.9 Å². The third-order valence-electron chi connectivity index (χ3n) is 4.18. The van der Waals surface area contributed by atoms with Gasteiger partial charge in [-0.1, -0.05) is 25.8 Å². The maximum Gasteiger partial charge on any atom is 0.142 e. The number of aryl methyl sites for hydroxylation is 1. The van der Waals surface area contributed by atoms with Gasteiger partial charge in [-0.2, -0.15) is 0 Å². The van der Waals surface area contributed by atoms with Gasteiger partial charge in [-0.05, 0) is 42.9 Å². The lowest BCUT2D eigenvalue weighted by Gasteiger charge is -2.31. The van der Waals surface area contributed by atoms with Crippen molar-refractivity contribution in [2.24, 2.45) is 5.92 Å². The predicted octanol–water partition coefficient (Wildman–Crippen LogP) is 3.61. The number of hydrogen-bond acceptors (Lipinski definition) is 2. The molecule has 1 unspecified atom stereocenters. The van der Waals surface area contributed by atoms with Gasteiger partial charge < -0.3 is 10.1 Å². The third-order valence-corrected chi connectivity index (χ3v) is 4.18. The van der Waals surface area contributed by atoms with Crippen LogP contribution in [0.25, 0.3) is 0 Å². The first-order chi connectivity index (χ1) is 8.36. The number of benzene rings is 1. The first kappa shape index (κ1) is 10.9. The summed E-state index contributed by atoms with van der Waals surface area (Å²) < 4.78 is 5.89. The van der Waals surface area contributed by atoms with Crippen molar-refractivity contribution in [3.8, 4) is 5.75 Å². The third kappa shape index (κ3) is 2.13. The van der Waals surface area contributed by atoms with Crippen LogP contribution >= 0.6 is 0 Å². The Morgan fingerprint density at radius 3 is 2.88 bits per heavy atom. The van der Waals surface area contributed by atoms with Gasteiger partial charge in [0.15, 0.2) is 0 Å². The standard InChI is InChI=1S/C15H21NO/c1-2-11-7-8-15-13(9-11)16-14(10-17-15)12-5-3-4-6-12/h7-9,12,14,16H,2-6,10H2,1H3. The molecule has 1 aliphatic heterocycles. The summed E-state index contributed by atoms with van der Waals surface area (Å²) >= 11 is 0. The largest absolute Gasteiger partial charge is 0.489 e. The minimum Gasteiger partial charge on any atom is -0.489 e. The number of nitrogens with one attached hydrogen (secondary N) is 1. The number of anilines is 1. The molecular weight excluding hydrogens is 210 g/mol. The summed E-state index contributed by atoms with van der Waals surface area (Å²) in [4.78, 5) is 0. The van der Waals surface area contributed by atoms with Crippen molar-refractivity contribution in [1.82, 2.24) is 0 Å². The van der Waals surface area contributed by atoms with Crippen LogP contribution in [0.5, 0.6) is 5.75 Å². The number of ether oxygens (including phenoxy) is 1. The molecular formula is C15H21NO. The van der Waals surface area contributed by atoms with Crippen LogP contribution in [0.1, 0.15) is 38.2 Å².